The maximum Gasteiger partial charge on any atom is 0.414 e. The molecule has 6 heteroatoms. The van der Waals surface area contributed by atoms with Crippen LogP contribution in [0.3, 0.4) is 0 Å². The van der Waals surface area contributed by atoms with Crippen molar-refractivity contribution in [3.8, 4) is 11.1 Å². The second kappa shape index (κ2) is 7.54. The maximum absolute atomic E-state index is 12.3. The third-order valence-corrected chi connectivity index (χ3v) is 4.45. The van der Waals surface area contributed by atoms with Crippen LogP contribution in [0.1, 0.15) is 34.1 Å². The molecule has 2 aromatic carbocycles. The summed E-state index contributed by atoms with van der Waals surface area (Å²) in [6, 6.07) is 13.6. The third kappa shape index (κ3) is 4.44. The number of hydrogen-bond acceptors (Lipinski definition) is 4. The van der Waals surface area contributed by atoms with Crippen molar-refractivity contribution in [2.45, 2.75) is 45.8 Å². The zero-order chi connectivity index (χ0) is 20.5. The van der Waals surface area contributed by atoms with Crippen molar-refractivity contribution in [3.05, 3.63) is 42.5 Å². The zero-order valence-electron chi connectivity index (χ0n) is 17.0. The Morgan fingerprint density at radius 2 is 1.82 bits per heavy atom. The molecule has 1 atom stereocenters. The predicted molar refractivity (Wildman–Crippen MR) is 113 cm³/mol. The minimum absolute atomic E-state index is 0.00485. The SMILES string of the molecule is CC1CC(=O)Nc2cccc(-c3ccc(N(C)C(=O)OC(C)(C)C)cc3)c2N1. The highest BCUT2D eigenvalue weighted by Gasteiger charge is 2.22. The van der Waals surface area contributed by atoms with Crippen LogP contribution in [0, 0.1) is 0 Å². The van der Waals surface area contributed by atoms with E-state index in [-0.39, 0.29) is 11.9 Å². The highest BCUT2D eigenvalue weighted by atomic mass is 16.6. The van der Waals surface area contributed by atoms with E-state index >= 15 is 0 Å². The lowest BCUT2D eigenvalue weighted by Crippen LogP contribution is -2.34. The van der Waals surface area contributed by atoms with E-state index in [0.29, 0.717) is 6.42 Å². The molecule has 0 spiro atoms. The molecule has 148 valence electrons. The first kappa shape index (κ1) is 19.7. The molecule has 1 unspecified atom stereocenters. The highest BCUT2D eigenvalue weighted by molar-refractivity contribution is 6.00. The monoisotopic (exact) mass is 381 g/mol. The summed E-state index contributed by atoms with van der Waals surface area (Å²) in [5.74, 6) is 0.00485. The van der Waals surface area contributed by atoms with Gasteiger partial charge < -0.3 is 15.4 Å². The Kier molecular flexibility index (Phi) is 5.31. The molecule has 2 N–H and O–H groups in total. The van der Waals surface area contributed by atoms with Crippen LogP contribution in [0.4, 0.5) is 21.9 Å². The minimum Gasteiger partial charge on any atom is -0.443 e. The average molecular weight is 381 g/mol. The van der Waals surface area contributed by atoms with Crippen molar-refractivity contribution in [2.24, 2.45) is 0 Å². The number of hydrogen-bond donors (Lipinski definition) is 2. The lowest BCUT2D eigenvalue weighted by Gasteiger charge is -2.25. The van der Waals surface area contributed by atoms with Crippen molar-refractivity contribution < 1.29 is 14.3 Å². The number of carbonyl (C=O) groups is 2. The Morgan fingerprint density at radius 1 is 1.14 bits per heavy atom. The van der Waals surface area contributed by atoms with Crippen LogP contribution in [-0.2, 0) is 9.53 Å². The van der Waals surface area contributed by atoms with E-state index in [0.717, 1.165) is 28.2 Å². The molecule has 0 aromatic heterocycles. The van der Waals surface area contributed by atoms with E-state index in [1.165, 1.54) is 4.90 Å². The van der Waals surface area contributed by atoms with E-state index in [9.17, 15) is 9.59 Å². The average Bonchev–Trinajstić information content (AvgIpc) is 2.75. The lowest BCUT2D eigenvalue weighted by molar-refractivity contribution is -0.116. The molecule has 1 heterocycles. The van der Waals surface area contributed by atoms with Gasteiger partial charge in [-0.15, -0.1) is 0 Å². The third-order valence-electron chi connectivity index (χ3n) is 4.45. The van der Waals surface area contributed by atoms with Crippen molar-refractivity contribution in [1.82, 2.24) is 0 Å². The largest absolute Gasteiger partial charge is 0.443 e. The van der Waals surface area contributed by atoms with Gasteiger partial charge in [0.15, 0.2) is 0 Å². The van der Waals surface area contributed by atoms with Crippen molar-refractivity contribution >= 4 is 29.1 Å². The molecular weight excluding hydrogens is 354 g/mol. The van der Waals surface area contributed by atoms with E-state index in [2.05, 4.69) is 10.6 Å². The quantitative estimate of drug-likeness (QED) is 0.779. The minimum atomic E-state index is -0.542. The molecule has 3 rings (SSSR count). The summed E-state index contributed by atoms with van der Waals surface area (Å²) < 4.78 is 5.42. The van der Waals surface area contributed by atoms with Crippen LogP contribution in [-0.4, -0.2) is 30.7 Å². The van der Waals surface area contributed by atoms with Crippen molar-refractivity contribution in [1.29, 1.82) is 0 Å². The molecule has 0 saturated heterocycles. The van der Waals surface area contributed by atoms with Crippen LogP contribution < -0.4 is 15.5 Å². The fraction of sp³-hybridized carbons (Fsp3) is 0.364. The number of fused-ring (bicyclic) bond motifs is 1. The van der Waals surface area contributed by atoms with Gasteiger partial charge in [-0.3, -0.25) is 9.69 Å². The number of para-hydroxylation sites is 1. The van der Waals surface area contributed by atoms with E-state index in [1.54, 1.807) is 7.05 Å². The smallest absolute Gasteiger partial charge is 0.414 e. The van der Waals surface area contributed by atoms with Gasteiger partial charge in [0, 0.05) is 30.8 Å². The van der Waals surface area contributed by atoms with E-state index in [1.807, 2.05) is 70.2 Å². The summed E-state index contributed by atoms with van der Waals surface area (Å²) >= 11 is 0. The summed E-state index contributed by atoms with van der Waals surface area (Å²) in [6.45, 7) is 7.52. The Morgan fingerprint density at radius 3 is 2.46 bits per heavy atom. The number of nitrogens with one attached hydrogen (secondary N) is 2. The summed E-state index contributed by atoms with van der Waals surface area (Å²) in [5, 5.41) is 6.39. The van der Waals surface area contributed by atoms with Gasteiger partial charge in [0.1, 0.15) is 5.60 Å². The number of carbonyl (C=O) groups excluding carboxylic acids is 2. The topological polar surface area (TPSA) is 70.7 Å². The van der Waals surface area contributed by atoms with Crippen molar-refractivity contribution in [3.63, 3.8) is 0 Å². The summed E-state index contributed by atoms with van der Waals surface area (Å²) in [6.07, 6.45) is 0.0281. The van der Waals surface area contributed by atoms with Crippen LogP contribution >= 0.6 is 0 Å². The fourth-order valence-corrected chi connectivity index (χ4v) is 3.13. The number of anilines is 3. The van der Waals surface area contributed by atoms with Crippen LogP contribution in [0.25, 0.3) is 11.1 Å². The first-order chi connectivity index (χ1) is 13.1. The number of benzene rings is 2. The Balaban J connectivity index is 1.88. The van der Waals surface area contributed by atoms with Gasteiger partial charge >= 0.3 is 6.09 Å². The molecule has 2 amide bonds. The van der Waals surface area contributed by atoms with Crippen LogP contribution in [0.5, 0.6) is 0 Å². The molecule has 2 aromatic rings. The summed E-state index contributed by atoms with van der Waals surface area (Å²) in [5.41, 5.74) is 3.89. The molecule has 0 radical (unpaired) electrons. The molecular formula is C22H27N3O3. The number of ether oxygens (including phenoxy) is 1. The highest BCUT2D eigenvalue weighted by Crippen LogP contribution is 2.37. The van der Waals surface area contributed by atoms with Crippen LogP contribution in [0.15, 0.2) is 42.5 Å². The molecule has 28 heavy (non-hydrogen) atoms. The molecule has 0 bridgehead atoms. The van der Waals surface area contributed by atoms with Gasteiger partial charge in [-0.1, -0.05) is 24.3 Å². The standard InChI is InChI=1S/C22H27N3O3/c1-14-13-19(26)24-18-8-6-7-17(20(18)23-14)15-9-11-16(12-10-15)25(5)21(27)28-22(2,3)4/h6-12,14,23H,13H2,1-5H3,(H,24,26). The number of nitrogens with zero attached hydrogens (tertiary/aromatic N) is 1. The summed E-state index contributed by atoms with van der Waals surface area (Å²) in [7, 11) is 1.69. The van der Waals surface area contributed by atoms with Crippen molar-refractivity contribution in [2.75, 3.05) is 22.6 Å². The van der Waals surface area contributed by atoms with Gasteiger partial charge in [0.25, 0.3) is 0 Å². The van der Waals surface area contributed by atoms with E-state index < -0.39 is 11.7 Å². The Labute approximate surface area is 165 Å². The van der Waals surface area contributed by atoms with E-state index in [4.69, 9.17) is 4.74 Å². The van der Waals surface area contributed by atoms with Gasteiger partial charge in [-0.2, -0.15) is 0 Å². The van der Waals surface area contributed by atoms with Gasteiger partial charge in [0.05, 0.1) is 11.4 Å². The van der Waals surface area contributed by atoms with Gasteiger partial charge in [-0.05, 0) is 51.5 Å². The first-order valence-corrected chi connectivity index (χ1v) is 9.40. The summed E-state index contributed by atoms with van der Waals surface area (Å²) in [4.78, 5) is 25.7. The molecule has 1 aliphatic heterocycles. The number of amides is 2. The van der Waals surface area contributed by atoms with Gasteiger partial charge in [0.2, 0.25) is 5.91 Å². The Hall–Kier alpha value is -3.02. The second-order valence-corrected chi connectivity index (χ2v) is 8.11. The lowest BCUT2D eigenvalue weighted by atomic mass is 10.0. The fourth-order valence-electron chi connectivity index (χ4n) is 3.13. The molecule has 1 aliphatic rings. The molecule has 0 fully saturated rings. The molecule has 6 nitrogen and oxygen atoms in total. The molecule has 0 saturated carbocycles. The number of rotatable bonds is 2. The maximum atomic E-state index is 12.3. The zero-order valence-corrected chi connectivity index (χ0v) is 17.0. The first-order valence-electron chi connectivity index (χ1n) is 9.40. The Bertz CT molecular complexity index is 885. The predicted octanol–water partition coefficient (Wildman–Crippen LogP) is 4.87. The van der Waals surface area contributed by atoms with Gasteiger partial charge in [-0.25, -0.2) is 4.79 Å². The normalized spacial score (nSPS) is 16.3. The second-order valence-electron chi connectivity index (χ2n) is 8.11. The van der Waals surface area contributed by atoms with Crippen LogP contribution in [0.2, 0.25) is 0 Å². The molecule has 0 aliphatic carbocycles.